The van der Waals surface area contributed by atoms with E-state index in [1.807, 2.05) is 18.4 Å². The maximum Gasteiger partial charge on any atom is 0.292 e. The molecule has 9 nitrogen and oxygen atoms in total. The molecule has 0 atom stereocenters. The number of H-pyrrole nitrogens is 1. The Morgan fingerprint density at radius 2 is 1.93 bits per heavy atom. The first kappa shape index (κ1) is 17.5. The van der Waals surface area contributed by atoms with Crippen molar-refractivity contribution in [2.75, 3.05) is 5.32 Å². The Morgan fingerprint density at radius 1 is 1.11 bits per heavy atom. The van der Waals surface area contributed by atoms with Crippen LogP contribution in [0.5, 0.6) is 0 Å². The van der Waals surface area contributed by atoms with E-state index in [2.05, 4.69) is 30.5 Å². The molecule has 0 bridgehead atoms. The minimum absolute atomic E-state index is 0.0822. The standard InChI is InChI=1S/C19H17N7O2/c1-11(2)26-10-20-25-17(26)14-8-5-9-15(21-14)23-19(28)16-22-13-7-4-3-6-12(13)18(27)24-16/h3-11H,1-2H3,(H,21,23,28)(H,22,24,27). The van der Waals surface area contributed by atoms with Crippen molar-refractivity contribution >= 4 is 22.6 Å². The SMILES string of the molecule is CC(C)n1cnnc1-c1cccc(NC(=O)c2nc3ccccc3c(=O)[nH]2)n1. The highest BCUT2D eigenvalue weighted by Crippen LogP contribution is 2.19. The molecule has 1 amide bonds. The van der Waals surface area contributed by atoms with E-state index in [9.17, 15) is 9.59 Å². The Morgan fingerprint density at radius 3 is 2.75 bits per heavy atom. The van der Waals surface area contributed by atoms with Gasteiger partial charge in [0.1, 0.15) is 17.8 Å². The lowest BCUT2D eigenvalue weighted by atomic mass is 10.2. The van der Waals surface area contributed by atoms with Gasteiger partial charge in [0.25, 0.3) is 11.5 Å². The summed E-state index contributed by atoms with van der Waals surface area (Å²) in [6.45, 7) is 4.03. The minimum atomic E-state index is -0.558. The van der Waals surface area contributed by atoms with Crippen LogP contribution in [0.3, 0.4) is 0 Å². The molecule has 9 heteroatoms. The first-order valence-corrected chi connectivity index (χ1v) is 8.70. The topological polar surface area (TPSA) is 118 Å². The van der Waals surface area contributed by atoms with Gasteiger partial charge in [-0.2, -0.15) is 0 Å². The van der Waals surface area contributed by atoms with Crippen LogP contribution < -0.4 is 10.9 Å². The zero-order chi connectivity index (χ0) is 19.7. The van der Waals surface area contributed by atoms with Crippen molar-refractivity contribution in [2.24, 2.45) is 0 Å². The number of aromatic amines is 1. The summed E-state index contributed by atoms with van der Waals surface area (Å²) in [5, 5.41) is 11.1. The van der Waals surface area contributed by atoms with Crippen molar-refractivity contribution in [3.05, 3.63) is 65.0 Å². The van der Waals surface area contributed by atoms with Crippen LogP contribution in [-0.4, -0.2) is 35.6 Å². The molecule has 28 heavy (non-hydrogen) atoms. The number of amides is 1. The number of pyridine rings is 1. The second kappa shape index (κ2) is 7.03. The maximum absolute atomic E-state index is 12.6. The summed E-state index contributed by atoms with van der Waals surface area (Å²) in [5.74, 6) is 0.277. The van der Waals surface area contributed by atoms with Gasteiger partial charge in [-0.25, -0.2) is 9.97 Å². The number of benzene rings is 1. The van der Waals surface area contributed by atoms with E-state index >= 15 is 0 Å². The Kier molecular flexibility index (Phi) is 4.40. The Hall–Kier alpha value is -3.88. The van der Waals surface area contributed by atoms with E-state index in [1.54, 1.807) is 48.8 Å². The molecule has 0 aliphatic heterocycles. The number of nitrogens with zero attached hydrogens (tertiary/aromatic N) is 5. The molecule has 1 aromatic carbocycles. The van der Waals surface area contributed by atoms with Gasteiger partial charge in [0.05, 0.1) is 10.9 Å². The predicted octanol–water partition coefficient (Wildman–Crippen LogP) is 2.41. The summed E-state index contributed by atoms with van der Waals surface area (Å²) in [5.41, 5.74) is 0.648. The Bertz CT molecular complexity index is 1230. The average Bonchev–Trinajstić information content (AvgIpc) is 3.18. The number of hydrogen-bond acceptors (Lipinski definition) is 6. The molecule has 0 aliphatic rings. The molecule has 0 fully saturated rings. The third-order valence-corrected chi connectivity index (χ3v) is 4.18. The molecule has 4 aromatic rings. The molecule has 4 rings (SSSR count). The van der Waals surface area contributed by atoms with E-state index < -0.39 is 5.91 Å². The lowest BCUT2D eigenvalue weighted by Crippen LogP contribution is -2.21. The lowest BCUT2D eigenvalue weighted by Gasteiger charge is -2.10. The van der Waals surface area contributed by atoms with Crippen LogP contribution in [-0.2, 0) is 0 Å². The third-order valence-electron chi connectivity index (χ3n) is 4.18. The number of carbonyl (C=O) groups is 1. The summed E-state index contributed by atoms with van der Waals surface area (Å²) in [7, 11) is 0. The van der Waals surface area contributed by atoms with Crippen molar-refractivity contribution in [2.45, 2.75) is 19.9 Å². The average molecular weight is 375 g/mol. The fourth-order valence-electron chi connectivity index (χ4n) is 2.80. The number of carbonyl (C=O) groups excluding carboxylic acids is 1. The van der Waals surface area contributed by atoms with Crippen LogP contribution in [0.15, 0.2) is 53.6 Å². The van der Waals surface area contributed by atoms with Crippen molar-refractivity contribution in [3.8, 4) is 11.5 Å². The molecule has 0 spiro atoms. The lowest BCUT2D eigenvalue weighted by molar-refractivity contribution is 0.101. The molecule has 0 aliphatic carbocycles. The van der Waals surface area contributed by atoms with Gasteiger partial charge in [-0.15, -0.1) is 10.2 Å². The summed E-state index contributed by atoms with van der Waals surface area (Å²) < 4.78 is 1.89. The van der Waals surface area contributed by atoms with E-state index in [-0.39, 0.29) is 17.4 Å². The summed E-state index contributed by atoms with van der Waals surface area (Å²) in [6, 6.07) is 12.2. The first-order valence-electron chi connectivity index (χ1n) is 8.70. The molecule has 0 saturated carbocycles. The molecule has 2 N–H and O–H groups in total. The molecule has 0 saturated heterocycles. The fourth-order valence-corrected chi connectivity index (χ4v) is 2.80. The maximum atomic E-state index is 12.6. The third kappa shape index (κ3) is 3.25. The molecule has 3 aromatic heterocycles. The van der Waals surface area contributed by atoms with Gasteiger partial charge in [0.15, 0.2) is 11.6 Å². The molecule has 0 radical (unpaired) electrons. The fraction of sp³-hybridized carbons (Fsp3) is 0.158. The zero-order valence-electron chi connectivity index (χ0n) is 15.2. The highest BCUT2D eigenvalue weighted by Gasteiger charge is 2.15. The summed E-state index contributed by atoms with van der Waals surface area (Å²) in [4.78, 5) is 35.9. The zero-order valence-corrected chi connectivity index (χ0v) is 15.2. The number of anilines is 1. The van der Waals surface area contributed by atoms with Crippen molar-refractivity contribution in [1.82, 2.24) is 29.7 Å². The van der Waals surface area contributed by atoms with Crippen LogP contribution >= 0.6 is 0 Å². The monoisotopic (exact) mass is 375 g/mol. The van der Waals surface area contributed by atoms with E-state index in [4.69, 9.17) is 0 Å². The predicted molar refractivity (Wildman–Crippen MR) is 104 cm³/mol. The Balaban J connectivity index is 1.64. The van der Waals surface area contributed by atoms with Crippen LogP contribution in [0.25, 0.3) is 22.4 Å². The van der Waals surface area contributed by atoms with Gasteiger partial charge in [-0.1, -0.05) is 18.2 Å². The summed E-state index contributed by atoms with van der Waals surface area (Å²) in [6.07, 6.45) is 1.64. The highest BCUT2D eigenvalue weighted by molar-refractivity contribution is 6.02. The number of aromatic nitrogens is 6. The van der Waals surface area contributed by atoms with Crippen LogP contribution in [0.4, 0.5) is 5.82 Å². The number of para-hydroxylation sites is 1. The number of fused-ring (bicyclic) bond motifs is 1. The highest BCUT2D eigenvalue weighted by atomic mass is 16.2. The number of hydrogen-bond donors (Lipinski definition) is 2. The van der Waals surface area contributed by atoms with Crippen molar-refractivity contribution in [1.29, 1.82) is 0 Å². The number of nitrogens with one attached hydrogen (secondary N) is 2. The van der Waals surface area contributed by atoms with Crippen LogP contribution in [0.2, 0.25) is 0 Å². The van der Waals surface area contributed by atoms with E-state index in [0.29, 0.717) is 28.2 Å². The van der Waals surface area contributed by atoms with Crippen molar-refractivity contribution < 1.29 is 4.79 Å². The normalized spacial score (nSPS) is 11.1. The van der Waals surface area contributed by atoms with Gasteiger partial charge in [0.2, 0.25) is 0 Å². The van der Waals surface area contributed by atoms with Gasteiger partial charge in [0, 0.05) is 6.04 Å². The second-order valence-electron chi connectivity index (χ2n) is 6.45. The van der Waals surface area contributed by atoms with Gasteiger partial charge < -0.3 is 14.9 Å². The Labute approximate surface area is 159 Å². The molecular weight excluding hydrogens is 358 g/mol. The number of rotatable bonds is 4. The van der Waals surface area contributed by atoms with Crippen LogP contribution in [0.1, 0.15) is 30.5 Å². The first-order chi connectivity index (χ1) is 13.5. The van der Waals surface area contributed by atoms with Gasteiger partial charge >= 0.3 is 0 Å². The minimum Gasteiger partial charge on any atom is -0.310 e. The van der Waals surface area contributed by atoms with Crippen molar-refractivity contribution in [3.63, 3.8) is 0 Å². The van der Waals surface area contributed by atoms with Gasteiger partial charge in [-0.3, -0.25) is 9.59 Å². The molecule has 3 heterocycles. The summed E-state index contributed by atoms with van der Waals surface area (Å²) >= 11 is 0. The van der Waals surface area contributed by atoms with E-state index in [0.717, 1.165) is 0 Å². The van der Waals surface area contributed by atoms with Crippen LogP contribution in [0, 0.1) is 0 Å². The smallest absolute Gasteiger partial charge is 0.292 e. The second-order valence-corrected chi connectivity index (χ2v) is 6.45. The quantitative estimate of drug-likeness (QED) is 0.565. The van der Waals surface area contributed by atoms with Gasteiger partial charge in [-0.05, 0) is 38.1 Å². The molecule has 140 valence electrons. The molecule has 0 unspecified atom stereocenters. The largest absolute Gasteiger partial charge is 0.310 e. The molecular formula is C19H17N7O2. The van der Waals surface area contributed by atoms with E-state index in [1.165, 1.54) is 0 Å².